The molecule has 0 aliphatic heterocycles. The number of halogens is 3. The highest BCUT2D eigenvalue weighted by molar-refractivity contribution is 5.95. The van der Waals surface area contributed by atoms with Crippen LogP contribution in [-0.2, 0) is 16.1 Å². The van der Waals surface area contributed by atoms with Gasteiger partial charge in [-0.1, -0.05) is 6.07 Å². The highest BCUT2D eigenvalue weighted by Crippen LogP contribution is 2.28. The third kappa shape index (κ3) is 6.11. The molecule has 0 bridgehead atoms. The van der Waals surface area contributed by atoms with Crippen molar-refractivity contribution in [3.8, 4) is 11.5 Å². The molecule has 2 rings (SSSR count). The van der Waals surface area contributed by atoms with Gasteiger partial charge in [-0.15, -0.1) is 0 Å². The molecule has 0 spiro atoms. The van der Waals surface area contributed by atoms with Crippen LogP contribution in [0.25, 0.3) is 0 Å². The molecule has 0 unspecified atom stereocenters. The largest absolute Gasteiger partial charge is 0.493 e. The number of benzene rings is 2. The van der Waals surface area contributed by atoms with Gasteiger partial charge in [0.2, 0.25) is 11.8 Å². The average Bonchev–Trinajstić information content (AvgIpc) is 2.77. The normalized spacial score (nSPS) is 11.7. The molecular weight excluding hydrogens is 415 g/mol. The quantitative estimate of drug-likeness (QED) is 0.588. The van der Waals surface area contributed by atoms with Crippen LogP contribution in [0.15, 0.2) is 30.3 Å². The predicted octanol–water partition coefficient (Wildman–Crippen LogP) is 2.70. The first kappa shape index (κ1) is 24.0. The summed E-state index contributed by atoms with van der Waals surface area (Å²) in [5.74, 6) is -4.64. The third-order valence-electron chi connectivity index (χ3n) is 4.65. The summed E-state index contributed by atoms with van der Waals surface area (Å²) in [6, 6.07) is 6.39. The number of nitrogens with one attached hydrogen (secondary N) is 2. The molecule has 0 aromatic heterocycles. The van der Waals surface area contributed by atoms with Gasteiger partial charge in [0.05, 0.1) is 32.5 Å². The molecule has 0 fully saturated rings. The minimum absolute atomic E-state index is 0.418. The van der Waals surface area contributed by atoms with Crippen LogP contribution < -0.4 is 20.1 Å². The van der Waals surface area contributed by atoms with E-state index in [-0.39, 0.29) is 0 Å². The van der Waals surface area contributed by atoms with Gasteiger partial charge in [-0.2, -0.15) is 0 Å². The Bertz CT molecular complexity index is 956. The van der Waals surface area contributed by atoms with Crippen LogP contribution in [0, 0.1) is 17.5 Å². The number of ether oxygens (including phenoxy) is 2. The molecule has 31 heavy (non-hydrogen) atoms. The van der Waals surface area contributed by atoms with Gasteiger partial charge in [-0.05, 0) is 43.8 Å². The topological polar surface area (TPSA) is 79.9 Å². The summed E-state index contributed by atoms with van der Waals surface area (Å²) in [6.07, 6.45) is 0. The number of amides is 2. The van der Waals surface area contributed by atoms with Gasteiger partial charge in [0, 0.05) is 6.54 Å². The second kappa shape index (κ2) is 10.7. The van der Waals surface area contributed by atoms with Crippen LogP contribution >= 0.6 is 0 Å². The van der Waals surface area contributed by atoms with Crippen LogP contribution in [0.5, 0.6) is 11.5 Å². The van der Waals surface area contributed by atoms with Crippen molar-refractivity contribution in [3.63, 3.8) is 0 Å². The van der Waals surface area contributed by atoms with E-state index >= 15 is 0 Å². The van der Waals surface area contributed by atoms with Crippen molar-refractivity contribution in [3.05, 3.63) is 53.3 Å². The van der Waals surface area contributed by atoms with Gasteiger partial charge in [-0.25, -0.2) is 13.2 Å². The lowest BCUT2D eigenvalue weighted by Gasteiger charge is -2.24. The van der Waals surface area contributed by atoms with Gasteiger partial charge in [0.25, 0.3) is 0 Å². The van der Waals surface area contributed by atoms with Crippen molar-refractivity contribution in [1.29, 1.82) is 0 Å². The molecule has 2 aromatic carbocycles. The molecule has 10 heteroatoms. The first-order valence-electron chi connectivity index (χ1n) is 9.30. The summed E-state index contributed by atoms with van der Waals surface area (Å²) < 4.78 is 50.3. The molecular formula is C21H24F3N3O4. The van der Waals surface area contributed by atoms with Crippen LogP contribution in [-0.4, -0.2) is 50.6 Å². The number of nitrogens with zero attached hydrogens (tertiary/aromatic N) is 1. The maximum atomic E-state index is 13.6. The van der Waals surface area contributed by atoms with Crippen LogP contribution in [0.3, 0.4) is 0 Å². The van der Waals surface area contributed by atoms with Crippen molar-refractivity contribution in [2.24, 2.45) is 0 Å². The Morgan fingerprint density at radius 2 is 1.71 bits per heavy atom. The van der Waals surface area contributed by atoms with Crippen molar-refractivity contribution in [1.82, 2.24) is 10.2 Å². The van der Waals surface area contributed by atoms with E-state index in [2.05, 4.69) is 10.6 Å². The van der Waals surface area contributed by atoms with E-state index in [0.29, 0.717) is 24.1 Å². The molecule has 0 aliphatic rings. The van der Waals surface area contributed by atoms with E-state index in [1.807, 2.05) is 6.07 Å². The Morgan fingerprint density at radius 1 is 1.03 bits per heavy atom. The van der Waals surface area contributed by atoms with Crippen LogP contribution in [0.4, 0.5) is 18.9 Å². The Labute approximate surface area is 178 Å². The molecule has 0 saturated heterocycles. The molecule has 2 amide bonds. The fraction of sp³-hybridized carbons (Fsp3) is 0.333. The van der Waals surface area contributed by atoms with E-state index in [1.54, 1.807) is 31.0 Å². The molecule has 2 aromatic rings. The predicted molar refractivity (Wildman–Crippen MR) is 108 cm³/mol. The smallest absolute Gasteiger partial charge is 0.243 e. The zero-order chi connectivity index (χ0) is 23.1. The van der Waals surface area contributed by atoms with Crippen molar-refractivity contribution >= 4 is 17.5 Å². The highest BCUT2D eigenvalue weighted by atomic mass is 19.2. The lowest BCUT2D eigenvalue weighted by molar-refractivity contribution is -0.127. The zero-order valence-electron chi connectivity index (χ0n) is 17.6. The van der Waals surface area contributed by atoms with Crippen LogP contribution in [0.2, 0.25) is 0 Å². The molecule has 1 atom stereocenters. The minimum atomic E-state index is -1.69. The van der Waals surface area contributed by atoms with Crippen molar-refractivity contribution in [2.45, 2.75) is 19.5 Å². The fourth-order valence-corrected chi connectivity index (χ4v) is 2.74. The second-order valence-electron chi connectivity index (χ2n) is 6.77. The SMILES string of the molecule is COc1ccc(CN(C)[C@@H](C)C(=O)NCC(=O)Nc2ccc(F)c(F)c2F)cc1OC. The molecule has 2 N–H and O–H groups in total. The number of anilines is 1. The van der Waals surface area contributed by atoms with E-state index in [9.17, 15) is 22.8 Å². The molecule has 0 heterocycles. The maximum Gasteiger partial charge on any atom is 0.243 e. The number of rotatable bonds is 9. The van der Waals surface area contributed by atoms with Gasteiger partial charge in [-0.3, -0.25) is 14.5 Å². The Hall–Kier alpha value is -3.27. The molecule has 0 aliphatic carbocycles. The van der Waals surface area contributed by atoms with Gasteiger partial charge in [0.1, 0.15) is 0 Å². The summed E-state index contributed by atoms with van der Waals surface area (Å²) in [5, 5.41) is 4.52. The van der Waals surface area contributed by atoms with E-state index in [4.69, 9.17) is 9.47 Å². The summed E-state index contributed by atoms with van der Waals surface area (Å²) >= 11 is 0. The number of hydrogen-bond donors (Lipinski definition) is 2. The van der Waals surface area contributed by atoms with Crippen molar-refractivity contribution < 1.29 is 32.2 Å². The summed E-state index contributed by atoms with van der Waals surface area (Å²) in [7, 11) is 4.80. The first-order valence-corrected chi connectivity index (χ1v) is 9.30. The molecule has 168 valence electrons. The standard InChI is InChI=1S/C21H24F3N3O4/c1-12(27(2)11-13-5-8-16(30-3)17(9-13)31-4)21(29)25-10-18(28)26-15-7-6-14(22)19(23)20(15)24/h5-9,12H,10-11H2,1-4H3,(H,25,29)(H,26,28)/t12-/m0/s1. The zero-order valence-corrected chi connectivity index (χ0v) is 17.6. The van der Waals surface area contributed by atoms with Crippen LogP contribution in [0.1, 0.15) is 12.5 Å². The monoisotopic (exact) mass is 439 g/mol. The van der Waals surface area contributed by atoms with E-state index < -0.39 is 47.5 Å². The lowest BCUT2D eigenvalue weighted by atomic mass is 10.1. The number of methoxy groups -OCH3 is 2. The van der Waals surface area contributed by atoms with Crippen molar-refractivity contribution in [2.75, 3.05) is 33.1 Å². The van der Waals surface area contributed by atoms with E-state index in [0.717, 1.165) is 11.6 Å². The maximum absolute atomic E-state index is 13.6. The Balaban J connectivity index is 1.90. The number of carbonyl (C=O) groups excluding carboxylic acids is 2. The second-order valence-corrected chi connectivity index (χ2v) is 6.77. The lowest BCUT2D eigenvalue weighted by Crippen LogP contribution is -2.45. The Morgan fingerprint density at radius 3 is 2.35 bits per heavy atom. The van der Waals surface area contributed by atoms with E-state index in [1.165, 1.54) is 14.2 Å². The Kier molecular flexibility index (Phi) is 8.26. The number of hydrogen-bond acceptors (Lipinski definition) is 5. The third-order valence-corrected chi connectivity index (χ3v) is 4.65. The minimum Gasteiger partial charge on any atom is -0.493 e. The molecule has 0 saturated carbocycles. The average molecular weight is 439 g/mol. The number of likely N-dealkylation sites (N-methyl/N-ethyl adjacent to an activating group) is 1. The van der Waals surface area contributed by atoms with Gasteiger partial charge in [0.15, 0.2) is 29.0 Å². The number of carbonyl (C=O) groups is 2. The highest BCUT2D eigenvalue weighted by Gasteiger charge is 2.20. The molecule has 0 radical (unpaired) electrons. The fourth-order valence-electron chi connectivity index (χ4n) is 2.74. The van der Waals surface area contributed by atoms with Gasteiger partial charge < -0.3 is 20.1 Å². The summed E-state index contributed by atoms with van der Waals surface area (Å²) in [5.41, 5.74) is 0.364. The first-order chi connectivity index (χ1) is 14.7. The van der Waals surface area contributed by atoms with Gasteiger partial charge >= 0.3 is 0 Å². The molecule has 7 nitrogen and oxygen atoms in total. The summed E-state index contributed by atoms with van der Waals surface area (Å²) in [6.45, 7) is 1.61. The summed E-state index contributed by atoms with van der Waals surface area (Å²) in [4.78, 5) is 26.0.